The SMILES string of the molecule is Clc1ccc(-c2nnc(NCc3ccccc3)s2)cc1. The van der Waals surface area contributed by atoms with E-state index >= 15 is 0 Å². The van der Waals surface area contributed by atoms with Gasteiger partial charge in [-0.15, -0.1) is 10.2 Å². The van der Waals surface area contributed by atoms with Crippen LogP contribution in [0.4, 0.5) is 5.13 Å². The summed E-state index contributed by atoms with van der Waals surface area (Å²) in [6, 6.07) is 17.8. The fraction of sp³-hybridized carbons (Fsp3) is 0.0667. The zero-order chi connectivity index (χ0) is 13.8. The highest BCUT2D eigenvalue weighted by atomic mass is 35.5. The lowest BCUT2D eigenvalue weighted by molar-refractivity contribution is 1.05. The Kier molecular flexibility index (Phi) is 3.95. The van der Waals surface area contributed by atoms with Crippen molar-refractivity contribution in [1.29, 1.82) is 0 Å². The molecule has 3 aromatic rings. The molecule has 0 aliphatic rings. The van der Waals surface area contributed by atoms with Crippen LogP contribution >= 0.6 is 22.9 Å². The number of anilines is 1. The predicted octanol–water partition coefficient (Wildman–Crippen LogP) is 4.47. The van der Waals surface area contributed by atoms with Gasteiger partial charge in [0.2, 0.25) is 5.13 Å². The highest BCUT2D eigenvalue weighted by Gasteiger charge is 2.06. The summed E-state index contributed by atoms with van der Waals surface area (Å²) in [5.74, 6) is 0. The van der Waals surface area contributed by atoms with E-state index < -0.39 is 0 Å². The van der Waals surface area contributed by atoms with E-state index in [1.54, 1.807) is 0 Å². The summed E-state index contributed by atoms with van der Waals surface area (Å²) in [5.41, 5.74) is 2.25. The standard InChI is InChI=1S/C15H12ClN3S/c16-13-8-6-12(7-9-13)14-18-19-15(20-14)17-10-11-4-2-1-3-5-11/h1-9H,10H2,(H,17,19). The van der Waals surface area contributed by atoms with Crippen molar-refractivity contribution in [3.8, 4) is 10.6 Å². The second kappa shape index (κ2) is 6.03. The molecular formula is C15H12ClN3S. The van der Waals surface area contributed by atoms with Gasteiger partial charge in [-0.25, -0.2) is 0 Å². The molecule has 1 N–H and O–H groups in total. The van der Waals surface area contributed by atoms with Crippen molar-refractivity contribution in [3.63, 3.8) is 0 Å². The largest absolute Gasteiger partial charge is 0.356 e. The van der Waals surface area contributed by atoms with Gasteiger partial charge in [0.05, 0.1) is 0 Å². The third-order valence-electron chi connectivity index (χ3n) is 2.80. The Morgan fingerprint density at radius 2 is 1.70 bits per heavy atom. The second-order valence-corrected chi connectivity index (χ2v) is 5.67. The van der Waals surface area contributed by atoms with Crippen molar-refractivity contribution >= 4 is 28.1 Å². The minimum Gasteiger partial charge on any atom is -0.356 e. The van der Waals surface area contributed by atoms with Crippen LogP contribution in [0, 0.1) is 0 Å². The van der Waals surface area contributed by atoms with Crippen molar-refractivity contribution in [1.82, 2.24) is 10.2 Å². The van der Waals surface area contributed by atoms with Crippen LogP contribution in [0.25, 0.3) is 10.6 Å². The molecule has 0 radical (unpaired) electrons. The van der Waals surface area contributed by atoms with Gasteiger partial charge in [0.1, 0.15) is 5.01 Å². The van der Waals surface area contributed by atoms with E-state index in [1.807, 2.05) is 42.5 Å². The molecule has 0 saturated carbocycles. The molecule has 0 unspecified atom stereocenters. The molecule has 0 atom stereocenters. The Morgan fingerprint density at radius 1 is 0.950 bits per heavy atom. The van der Waals surface area contributed by atoms with Crippen molar-refractivity contribution in [2.45, 2.75) is 6.54 Å². The molecule has 1 heterocycles. The molecule has 1 aromatic heterocycles. The quantitative estimate of drug-likeness (QED) is 0.772. The maximum atomic E-state index is 5.88. The molecule has 3 rings (SSSR count). The van der Waals surface area contributed by atoms with Crippen LogP contribution in [0.15, 0.2) is 54.6 Å². The number of hydrogen-bond acceptors (Lipinski definition) is 4. The van der Waals surface area contributed by atoms with Gasteiger partial charge in [0.25, 0.3) is 0 Å². The van der Waals surface area contributed by atoms with Crippen molar-refractivity contribution in [3.05, 3.63) is 65.2 Å². The molecule has 3 nitrogen and oxygen atoms in total. The Morgan fingerprint density at radius 3 is 2.45 bits per heavy atom. The maximum Gasteiger partial charge on any atom is 0.206 e. The molecule has 0 aliphatic heterocycles. The van der Waals surface area contributed by atoms with Gasteiger partial charge in [-0.1, -0.05) is 65.4 Å². The minimum atomic E-state index is 0.723. The zero-order valence-electron chi connectivity index (χ0n) is 10.6. The second-order valence-electron chi connectivity index (χ2n) is 4.26. The molecule has 20 heavy (non-hydrogen) atoms. The smallest absolute Gasteiger partial charge is 0.206 e. The summed E-state index contributed by atoms with van der Waals surface area (Å²) < 4.78 is 0. The van der Waals surface area contributed by atoms with Crippen LogP contribution in [-0.2, 0) is 6.54 Å². The lowest BCUT2D eigenvalue weighted by Gasteiger charge is -2.01. The molecule has 0 fully saturated rings. The minimum absolute atomic E-state index is 0.723. The Balaban J connectivity index is 1.69. The molecule has 2 aromatic carbocycles. The maximum absolute atomic E-state index is 5.88. The fourth-order valence-electron chi connectivity index (χ4n) is 1.78. The number of halogens is 1. The van der Waals surface area contributed by atoms with Crippen LogP contribution < -0.4 is 5.32 Å². The van der Waals surface area contributed by atoms with Gasteiger partial charge < -0.3 is 5.32 Å². The number of nitrogens with zero attached hydrogens (tertiary/aromatic N) is 2. The molecule has 0 saturated heterocycles. The van der Waals surface area contributed by atoms with E-state index in [2.05, 4.69) is 27.6 Å². The predicted molar refractivity (Wildman–Crippen MR) is 84.1 cm³/mol. The van der Waals surface area contributed by atoms with E-state index in [0.29, 0.717) is 0 Å². The Bertz CT molecular complexity index is 680. The Labute approximate surface area is 126 Å². The summed E-state index contributed by atoms with van der Waals surface area (Å²) in [5, 5.41) is 14.1. The van der Waals surface area contributed by atoms with Gasteiger partial charge in [0.15, 0.2) is 0 Å². The van der Waals surface area contributed by atoms with E-state index in [4.69, 9.17) is 11.6 Å². The van der Waals surface area contributed by atoms with Crippen LogP contribution in [0.1, 0.15) is 5.56 Å². The number of aromatic nitrogens is 2. The van der Waals surface area contributed by atoms with Crippen LogP contribution in [0.2, 0.25) is 5.02 Å². The molecule has 5 heteroatoms. The van der Waals surface area contributed by atoms with Gasteiger partial charge in [-0.05, 0) is 17.7 Å². The van der Waals surface area contributed by atoms with Crippen LogP contribution in [0.5, 0.6) is 0 Å². The zero-order valence-corrected chi connectivity index (χ0v) is 12.2. The van der Waals surface area contributed by atoms with Gasteiger partial charge in [0, 0.05) is 17.1 Å². The average Bonchev–Trinajstić information content (AvgIpc) is 2.96. The third kappa shape index (κ3) is 3.15. The first-order valence-corrected chi connectivity index (χ1v) is 7.38. The molecular weight excluding hydrogens is 290 g/mol. The number of benzene rings is 2. The number of hydrogen-bond donors (Lipinski definition) is 1. The molecule has 0 bridgehead atoms. The van der Waals surface area contributed by atoms with E-state index in [9.17, 15) is 0 Å². The summed E-state index contributed by atoms with van der Waals surface area (Å²) >= 11 is 7.41. The summed E-state index contributed by atoms with van der Waals surface area (Å²) in [6.45, 7) is 0.746. The summed E-state index contributed by atoms with van der Waals surface area (Å²) in [7, 11) is 0. The van der Waals surface area contributed by atoms with Gasteiger partial charge in [-0.3, -0.25) is 0 Å². The van der Waals surface area contributed by atoms with Crippen molar-refractivity contribution < 1.29 is 0 Å². The number of rotatable bonds is 4. The molecule has 0 amide bonds. The first-order chi connectivity index (χ1) is 9.81. The summed E-state index contributed by atoms with van der Waals surface area (Å²) in [4.78, 5) is 0. The topological polar surface area (TPSA) is 37.8 Å². The average molecular weight is 302 g/mol. The van der Waals surface area contributed by atoms with E-state index in [-0.39, 0.29) is 0 Å². The van der Waals surface area contributed by atoms with Crippen molar-refractivity contribution in [2.75, 3.05) is 5.32 Å². The van der Waals surface area contributed by atoms with Crippen molar-refractivity contribution in [2.24, 2.45) is 0 Å². The van der Waals surface area contributed by atoms with Gasteiger partial charge in [-0.2, -0.15) is 0 Å². The first kappa shape index (κ1) is 13.1. The van der Waals surface area contributed by atoms with Crippen LogP contribution in [0.3, 0.4) is 0 Å². The fourth-order valence-corrected chi connectivity index (χ4v) is 2.65. The Hall–Kier alpha value is -1.91. The third-order valence-corrected chi connectivity index (χ3v) is 3.98. The molecule has 0 spiro atoms. The lowest BCUT2D eigenvalue weighted by atomic mass is 10.2. The van der Waals surface area contributed by atoms with E-state index in [1.165, 1.54) is 16.9 Å². The van der Waals surface area contributed by atoms with Gasteiger partial charge >= 0.3 is 0 Å². The highest BCUT2D eigenvalue weighted by Crippen LogP contribution is 2.27. The molecule has 0 aliphatic carbocycles. The normalized spacial score (nSPS) is 10.4. The van der Waals surface area contributed by atoms with E-state index in [0.717, 1.165) is 27.3 Å². The lowest BCUT2D eigenvalue weighted by Crippen LogP contribution is -1.98. The summed E-state index contributed by atoms with van der Waals surface area (Å²) in [6.07, 6.45) is 0. The number of nitrogens with one attached hydrogen (secondary N) is 1. The molecule has 100 valence electrons. The first-order valence-electron chi connectivity index (χ1n) is 6.18. The monoisotopic (exact) mass is 301 g/mol. The highest BCUT2D eigenvalue weighted by molar-refractivity contribution is 7.18. The van der Waals surface area contributed by atoms with Crippen LogP contribution in [-0.4, -0.2) is 10.2 Å².